The van der Waals surface area contributed by atoms with Gasteiger partial charge in [0, 0.05) is 11.0 Å². The molecule has 0 radical (unpaired) electrons. The number of benzene rings is 5. The third-order valence-corrected chi connectivity index (χ3v) is 8.23. The van der Waals surface area contributed by atoms with E-state index in [0.29, 0.717) is 22.7 Å². The third kappa shape index (κ3) is 5.95. The summed E-state index contributed by atoms with van der Waals surface area (Å²) in [4.78, 5) is 52.7. The minimum absolute atomic E-state index is 0.0698. The lowest BCUT2D eigenvalue weighted by Gasteiger charge is -2.26. The van der Waals surface area contributed by atoms with E-state index in [2.05, 4.69) is 26.0 Å². The predicted molar refractivity (Wildman–Crippen MR) is 175 cm³/mol. The highest BCUT2D eigenvalue weighted by Crippen LogP contribution is 2.34. The summed E-state index contributed by atoms with van der Waals surface area (Å²) < 4.78 is 11.2. The Balaban J connectivity index is 1.11. The minimum atomic E-state index is -0.764. The van der Waals surface area contributed by atoms with Crippen LogP contribution in [0.4, 0.5) is 5.69 Å². The van der Waals surface area contributed by atoms with Crippen molar-refractivity contribution in [1.29, 1.82) is 0 Å². The number of nitrogens with zero attached hydrogens (tertiary/aromatic N) is 1. The second kappa shape index (κ2) is 12.3. The van der Waals surface area contributed by atoms with E-state index in [-0.39, 0.29) is 27.9 Å². The van der Waals surface area contributed by atoms with Crippen molar-refractivity contribution in [3.63, 3.8) is 0 Å². The molecule has 46 heavy (non-hydrogen) atoms. The molecule has 0 fully saturated rings. The van der Waals surface area contributed by atoms with E-state index in [1.807, 2.05) is 49.4 Å². The van der Waals surface area contributed by atoms with E-state index >= 15 is 0 Å². The van der Waals surface area contributed by atoms with Crippen molar-refractivity contribution in [2.75, 3.05) is 11.5 Å². The largest absolute Gasteiger partial charge is 0.457 e. The zero-order valence-corrected chi connectivity index (χ0v) is 25.7. The maximum absolute atomic E-state index is 13.3. The van der Waals surface area contributed by atoms with Gasteiger partial charge in [0.15, 0.2) is 12.4 Å². The van der Waals surface area contributed by atoms with E-state index in [0.717, 1.165) is 16.0 Å². The van der Waals surface area contributed by atoms with Crippen LogP contribution in [-0.2, 0) is 10.2 Å². The van der Waals surface area contributed by atoms with Crippen molar-refractivity contribution < 1.29 is 28.7 Å². The fourth-order valence-electron chi connectivity index (χ4n) is 5.40. The number of ketones is 1. The highest BCUT2D eigenvalue weighted by molar-refractivity contribution is 6.34. The summed E-state index contributed by atoms with van der Waals surface area (Å²) in [5.41, 5.74) is 4.34. The molecule has 0 saturated heterocycles. The summed E-state index contributed by atoms with van der Waals surface area (Å²) in [6.07, 6.45) is 0. The Morgan fingerprint density at radius 1 is 0.652 bits per heavy atom. The number of amides is 2. The smallest absolute Gasteiger partial charge is 0.338 e. The zero-order chi connectivity index (χ0) is 32.4. The van der Waals surface area contributed by atoms with Gasteiger partial charge in [-0.2, -0.15) is 0 Å². The molecule has 0 saturated carbocycles. The number of aryl methyl sites for hydroxylation is 1. The maximum Gasteiger partial charge on any atom is 0.338 e. The summed E-state index contributed by atoms with van der Waals surface area (Å²) in [7, 11) is 0. The SMILES string of the molecule is Cc1ccc(C(=O)COC(=O)c2ccc3c(c2)C(=O)N(c2ccc(Oc4ccc(C(C)(C)c5ccccc5)cc4)cc2)C3=O)cc1. The van der Waals surface area contributed by atoms with E-state index in [1.165, 1.54) is 23.8 Å². The van der Waals surface area contributed by atoms with Gasteiger partial charge in [-0.05, 0) is 72.6 Å². The van der Waals surface area contributed by atoms with E-state index < -0.39 is 24.4 Å². The van der Waals surface area contributed by atoms with Gasteiger partial charge in [0.25, 0.3) is 11.8 Å². The van der Waals surface area contributed by atoms with Crippen molar-refractivity contribution in [1.82, 2.24) is 0 Å². The van der Waals surface area contributed by atoms with E-state index in [4.69, 9.17) is 9.47 Å². The van der Waals surface area contributed by atoms with Gasteiger partial charge in [-0.3, -0.25) is 14.4 Å². The zero-order valence-electron chi connectivity index (χ0n) is 25.7. The molecule has 7 heteroatoms. The molecule has 6 rings (SSSR count). The molecule has 0 spiro atoms. The minimum Gasteiger partial charge on any atom is -0.457 e. The molecule has 228 valence electrons. The summed E-state index contributed by atoms with van der Waals surface area (Å²) >= 11 is 0. The summed E-state index contributed by atoms with van der Waals surface area (Å²) in [6.45, 7) is 5.83. The molecule has 0 bridgehead atoms. The Bertz CT molecular complexity index is 1940. The Hall–Kier alpha value is -5.82. The fraction of sp³-hybridized carbons (Fsp3) is 0.128. The van der Waals surface area contributed by atoms with Crippen LogP contribution in [0.5, 0.6) is 11.5 Å². The molecule has 2 amide bonds. The molecule has 7 nitrogen and oxygen atoms in total. The maximum atomic E-state index is 13.3. The highest BCUT2D eigenvalue weighted by atomic mass is 16.5. The van der Waals surface area contributed by atoms with Gasteiger partial charge in [-0.15, -0.1) is 0 Å². The molecule has 0 unspecified atom stereocenters. The molecule has 5 aromatic rings. The first-order chi connectivity index (χ1) is 22.1. The van der Waals surface area contributed by atoms with Crippen molar-refractivity contribution >= 4 is 29.3 Å². The number of esters is 1. The highest BCUT2D eigenvalue weighted by Gasteiger charge is 2.37. The molecule has 0 aliphatic carbocycles. The van der Waals surface area contributed by atoms with Crippen molar-refractivity contribution in [2.45, 2.75) is 26.2 Å². The lowest BCUT2D eigenvalue weighted by Crippen LogP contribution is -2.29. The average molecular weight is 610 g/mol. The molecule has 1 heterocycles. The second-order valence-corrected chi connectivity index (χ2v) is 11.7. The lowest BCUT2D eigenvalue weighted by atomic mass is 9.78. The molecule has 1 aliphatic heterocycles. The molecule has 5 aromatic carbocycles. The number of ether oxygens (including phenoxy) is 2. The molecular weight excluding hydrogens is 578 g/mol. The topological polar surface area (TPSA) is 90.0 Å². The Kier molecular flexibility index (Phi) is 8.07. The van der Waals surface area contributed by atoms with Crippen molar-refractivity contribution in [3.05, 3.63) is 160 Å². The van der Waals surface area contributed by atoms with Crippen LogP contribution in [0.1, 0.15) is 72.0 Å². The number of anilines is 1. The Labute approximate surface area is 267 Å². The number of carbonyl (C=O) groups excluding carboxylic acids is 4. The first-order valence-electron chi connectivity index (χ1n) is 14.9. The second-order valence-electron chi connectivity index (χ2n) is 11.7. The number of fused-ring (bicyclic) bond motifs is 1. The van der Waals surface area contributed by atoms with Crippen LogP contribution in [-0.4, -0.2) is 30.2 Å². The van der Waals surface area contributed by atoms with E-state index in [1.54, 1.807) is 48.5 Å². The molecule has 0 N–H and O–H groups in total. The van der Waals surface area contributed by atoms with Gasteiger partial charge in [-0.25, -0.2) is 9.69 Å². The Morgan fingerprint density at radius 2 is 1.22 bits per heavy atom. The number of rotatable bonds is 9. The van der Waals surface area contributed by atoms with Crippen LogP contribution in [0.3, 0.4) is 0 Å². The predicted octanol–water partition coefficient (Wildman–Crippen LogP) is 7.95. The van der Waals surface area contributed by atoms with Crippen LogP contribution < -0.4 is 9.64 Å². The monoisotopic (exact) mass is 609 g/mol. The number of hydrogen-bond donors (Lipinski definition) is 0. The first kappa shape index (κ1) is 30.2. The van der Waals surface area contributed by atoms with Crippen molar-refractivity contribution in [3.8, 4) is 11.5 Å². The van der Waals surface area contributed by atoms with Crippen LogP contribution >= 0.6 is 0 Å². The number of hydrogen-bond acceptors (Lipinski definition) is 6. The lowest BCUT2D eigenvalue weighted by molar-refractivity contribution is 0.0474. The molecule has 0 aromatic heterocycles. The van der Waals surface area contributed by atoms with Gasteiger partial charge in [-0.1, -0.05) is 86.1 Å². The third-order valence-electron chi connectivity index (χ3n) is 8.23. The van der Waals surface area contributed by atoms with Gasteiger partial charge >= 0.3 is 5.97 Å². The summed E-state index contributed by atoms with van der Waals surface area (Å²) in [6, 6.07) is 36.0. The Morgan fingerprint density at radius 3 is 1.87 bits per heavy atom. The standard InChI is InChI=1S/C39H31NO6/c1-25-9-11-26(12-10-25)35(41)24-45-38(44)27-13-22-33-34(23-27)37(43)40(36(33)42)30-16-20-32(21-17-30)46-31-18-14-29(15-19-31)39(2,3)28-7-5-4-6-8-28/h4-23H,24H2,1-3H3. The number of imide groups is 1. The summed E-state index contributed by atoms with van der Waals surface area (Å²) in [5, 5.41) is 0. The van der Waals surface area contributed by atoms with Gasteiger partial charge in [0.05, 0.1) is 22.4 Å². The summed E-state index contributed by atoms with van der Waals surface area (Å²) in [5.74, 6) is -0.972. The van der Waals surface area contributed by atoms with Crippen LogP contribution in [0.25, 0.3) is 0 Å². The normalized spacial score (nSPS) is 12.5. The van der Waals surface area contributed by atoms with Crippen molar-refractivity contribution in [2.24, 2.45) is 0 Å². The average Bonchev–Trinajstić information content (AvgIpc) is 3.33. The molecular formula is C39H31NO6. The van der Waals surface area contributed by atoms with Crippen LogP contribution in [0.2, 0.25) is 0 Å². The molecule has 1 aliphatic rings. The van der Waals surface area contributed by atoms with Gasteiger partial charge < -0.3 is 9.47 Å². The molecule has 0 atom stereocenters. The van der Waals surface area contributed by atoms with Gasteiger partial charge in [0.1, 0.15) is 11.5 Å². The number of Topliss-reactive ketones (excluding diaryl/α,β-unsaturated/α-hetero) is 1. The quantitative estimate of drug-likeness (QED) is 0.0957. The first-order valence-corrected chi connectivity index (χ1v) is 14.9. The fourth-order valence-corrected chi connectivity index (χ4v) is 5.40. The van der Waals surface area contributed by atoms with E-state index in [9.17, 15) is 19.2 Å². The van der Waals surface area contributed by atoms with Crippen LogP contribution in [0, 0.1) is 6.92 Å². The van der Waals surface area contributed by atoms with Crippen LogP contribution in [0.15, 0.2) is 121 Å². The van der Waals surface area contributed by atoms with Gasteiger partial charge in [0.2, 0.25) is 0 Å². The number of carbonyl (C=O) groups is 4.